The SMILES string of the molecule is Cc1nn(C)c(NC(=O)/C=C/c2cccc3cccnc23)c1-c1ccc(Br)cc1. The van der Waals surface area contributed by atoms with Crippen LogP contribution in [0.5, 0.6) is 0 Å². The Morgan fingerprint density at radius 1 is 1.10 bits per heavy atom. The van der Waals surface area contributed by atoms with E-state index >= 15 is 0 Å². The van der Waals surface area contributed by atoms with Crippen molar-refractivity contribution >= 4 is 44.6 Å². The second kappa shape index (κ2) is 8.01. The van der Waals surface area contributed by atoms with Crippen molar-refractivity contribution in [1.29, 1.82) is 0 Å². The number of nitrogens with zero attached hydrogens (tertiary/aromatic N) is 3. The van der Waals surface area contributed by atoms with Crippen LogP contribution in [0.4, 0.5) is 5.82 Å². The van der Waals surface area contributed by atoms with E-state index in [4.69, 9.17) is 0 Å². The average Bonchev–Trinajstić information content (AvgIpc) is 3.00. The van der Waals surface area contributed by atoms with Crippen molar-refractivity contribution in [3.63, 3.8) is 0 Å². The van der Waals surface area contributed by atoms with Gasteiger partial charge in [0.15, 0.2) is 0 Å². The van der Waals surface area contributed by atoms with Crippen molar-refractivity contribution < 1.29 is 4.79 Å². The first-order valence-corrected chi connectivity index (χ1v) is 9.94. The summed E-state index contributed by atoms with van der Waals surface area (Å²) < 4.78 is 2.69. The predicted molar refractivity (Wildman–Crippen MR) is 120 cm³/mol. The van der Waals surface area contributed by atoms with Crippen molar-refractivity contribution in [2.45, 2.75) is 6.92 Å². The normalized spacial score (nSPS) is 11.3. The van der Waals surface area contributed by atoms with E-state index in [1.54, 1.807) is 17.0 Å². The highest BCUT2D eigenvalue weighted by Gasteiger charge is 2.16. The smallest absolute Gasteiger partial charge is 0.249 e. The fourth-order valence-corrected chi connectivity index (χ4v) is 3.61. The quantitative estimate of drug-likeness (QED) is 0.429. The highest BCUT2D eigenvalue weighted by molar-refractivity contribution is 9.10. The molecule has 1 amide bonds. The van der Waals surface area contributed by atoms with Gasteiger partial charge in [0, 0.05) is 40.3 Å². The number of benzene rings is 2. The van der Waals surface area contributed by atoms with Gasteiger partial charge in [0.1, 0.15) is 5.82 Å². The van der Waals surface area contributed by atoms with Crippen molar-refractivity contribution in [3.8, 4) is 11.1 Å². The van der Waals surface area contributed by atoms with E-state index in [1.807, 2.05) is 68.6 Å². The topological polar surface area (TPSA) is 59.8 Å². The number of carbonyl (C=O) groups excluding carboxylic acids is 1. The van der Waals surface area contributed by atoms with Crippen LogP contribution in [0, 0.1) is 6.92 Å². The van der Waals surface area contributed by atoms with Gasteiger partial charge in [-0.3, -0.25) is 14.5 Å². The van der Waals surface area contributed by atoms with Crippen LogP contribution in [-0.4, -0.2) is 20.7 Å². The Balaban J connectivity index is 1.62. The number of carbonyl (C=O) groups is 1. The largest absolute Gasteiger partial charge is 0.307 e. The maximum Gasteiger partial charge on any atom is 0.249 e. The summed E-state index contributed by atoms with van der Waals surface area (Å²) in [4.78, 5) is 17.1. The molecule has 0 atom stereocenters. The number of nitrogens with one attached hydrogen (secondary N) is 1. The molecule has 0 spiro atoms. The molecule has 0 aliphatic heterocycles. The van der Waals surface area contributed by atoms with E-state index in [2.05, 4.69) is 31.3 Å². The first-order chi connectivity index (χ1) is 14.0. The van der Waals surface area contributed by atoms with Gasteiger partial charge < -0.3 is 5.32 Å². The summed E-state index contributed by atoms with van der Waals surface area (Å²) in [5.74, 6) is 0.440. The molecule has 4 rings (SSSR count). The fourth-order valence-electron chi connectivity index (χ4n) is 3.35. The summed E-state index contributed by atoms with van der Waals surface area (Å²) >= 11 is 3.46. The molecule has 2 heterocycles. The molecule has 0 aliphatic rings. The molecule has 2 aromatic heterocycles. The lowest BCUT2D eigenvalue weighted by Crippen LogP contribution is -2.12. The molecule has 4 aromatic rings. The number of fused-ring (bicyclic) bond motifs is 1. The van der Waals surface area contributed by atoms with Crippen LogP contribution in [0.2, 0.25) is 0 Å². The molecule has 0 bridgehead atoms. The molecule has 0 radical (unpaired) electrons. The minimum Gasteiger partial charge on any atom is -0.307 e. The molecule has 29 heavy (non-hydrogen) atoms. The van der Waals surface area contributed by atoms with Gasteiger partial charge in [-0.1, -0.05) is 52.3 Å². The summed E-state index contributed by atoms with van der Waals surface area (Å²) in [7, 11) is 1.82. The number of hydrogen-bond acceptors (Lipinski definition) is 3. The Hall–Kier alpha value is -3.25. The van der Waals surface area contributed by atoms with Gasteiger partial charge in [0.2, 0.25) is 5.91 Å². The monoisotopic (exact) mass is 446 g/mol. The zero-order chi connectivity index (χ0) is 20.4. The zero-order valence-corrected chi connectivity index (χ0v) is 17.6. The first kappa shape index (κ1) is 19.1. The highest BCUT2D eigenvalue weighted by Crippen LogP contribution is 2.32. The number of hydrogen-bond donors (Lipinski definition) is 1. The summed E-state index contributed by atoms with van der Waals surface area (Å²) in [5.41, 5.74) is 4.52. The van der Waals surface area contributed by atoms with Crippen LogP contribution >= 0.6 is 15.9 Å². The lowest BCUT2D eigenvalue weighted by atomic mass is 10.1. The van der Waals surface area contributed by atoms with Gasteiger partial charge in [-0.2, -0.15) is 5.10 Å². The Kier molecular flexibility index (Phi) is 5.27. The number of aromatic nitrogens is 3. The Labute approximate surface area is 177 Å². The predicted octanol–water partition coefficient (Wildman–Crippen LogP) is 5.36. The van der Waals surface area contributed by atoms with Crippen molar-refractivity contribution in [3.05, 3.63) is 82.6 Å². The van der Waals surface area contributed by atoms with Crippen LogP contribution in [0.15, 0.2) is 71.3 Å². The van der Waals surface area contributed by atoms with E-state index in [0.29, 0.717) is 5.82 Å². The third kappa shape index (κ3) is 3.98. The molecule has 6 heteroatoms. The molecular weight excluding hydrogens is 428 g/mol. The Morgan fingerprint density at radius 2 is 1.86 bits per heavy atom. The summed E-state index contributed by atoms with van der Waals surface area (Å²) in [6.45, 7) is 1.94. The highest BCUT2D eigenvalue weighted by atomic mass is 79.9. The van der Waals surface area contributed by atoms with Gasteiger partial charge in [0.25, 0.3) is 0 Å². The van der Waals surface area contributed by atoms with E-state index in [0.717, 1.165) is 37.8 Å². The maximum atomic E-state index is 12.7. The number of rotatable bonds is 4. The average molecular weight is 447 g/mol. The van der Waals surface area contributed by atoms with Crippen LogP contribution < -0.4 is 5.32 Å². The molecule has 0 saturated carbocycles. The van der Waals surface area contributed by atoms with Gasteiger partial charge in [-0.15, -0.1) is 0 Å². The van der Waals surface area contributed by atoms with Gasteiger partial charge in [0.05, 0.1) is 11.2 Å². The van der Waals surface area contributed by atoms with Crippen molar-refractivity contribution in [1.82, 2.24) is 14.8 Å². The molecule has 0 saturated heterocycles. The maximum absolute atomic E-state index is 12.7. The molecule has 5 nitrogen and oxygen atoms in total. The number of aryl methyl sites for hydroxylation is 2. The number of para-hydroxylation sites is 1. The van der Waals surface area contributed by atoms with E-state index in [-0.39, 0.29) is 5.91 Å². The van der Waals surface area contributed by atoms with Gasteiger partial charge in [-0.05, 0) is 36.8 Å². The van der Waals surface area contributed by atoms with E-state index < -0.39 is 0 Å². The van der Waals surface area contributed by atoms with Crippen LogP contribution in [0.1, 0.15) is 11.3 Å². The molecule has 0 fully saturated rings. The molecule has 144 valence electrons. The molecule has 0 aliphatic carbocycles. The second-order valence-corrected chi connectivity index (χ2v) is 7.60. The fraction of sp³-hybridized carbons (Fsp3) is 0.0870. The minimum absolute atomic E-state index is 0.223. The molecule has 1 N–H and O–H groups in total. The lowest BCUT2D eigenvalue weighted by molar-refractivity contribution is -0.111. The zero-order valence-electron chi connectivity index (χ0n) is 16.1. The number of anilines is 1. The van der Waals surface area contributed by atoms with Crippen LogP contribution in [0.3, 0.4) is 0 Å². The molecule has 0 unspecified atom stereocenters. The third-order valence-corrected chi connectivity index (χ3v) is 5.20. The van der Waals surface area contributed by atoms with Crippen LogP contribution in [0.25, 0.3) is 28.1 Å². The first-order valence-electron chi connectivity index (χ1n) is 9.15. The van der Waals surface area contributed by atoms with E-state index in [9.17, 15) is 4.79 Å². The number of pyridine rings is 1. The van der Waals surface area contributed by atoms with Gasteiger partial charge >= 0.3 is 0 Å². The van der Waals surface area contributed by atoms with Crippen LogP contribution in [-0.2, 0) is 11.8 Å². The molecular formula is C23H19BrN4O. The van der Waals surface area contributed by atoms with E-state index in [1.165, 1.54) is 6.08 Å². The summed E-state index contributed by atoms with van der Waals surface area (Å²) in [6.07, 6.45) is 5.06. The second-order valence-electron chi connectivity index (χ2n) is 6.68. The lowest BCUT2D eigenvalue weighted by Gasteiger charge is -2.08. The van der Waals surface area contributed by atoms with Gasteiger partial charge in [-0.25, -0.2) is 0 Å². The summed E-state index contributed by atoms with van der Waals surface area (Å²) in [5, 5.41) is 8.49. The Morgan fingerprint density at radius 3 is 2.66 bits per heavy atom. The molecule has 2 aromatic carbocycles. The third-order valence-electron chi connectivity index (χ3n) is 4.67. The minimum atomic E-state index is -0.223. The van der Waals surface area contributed by atoms with Crippen molar-refractivity contribution in [2.24, 2.45) is 7.05 Å². The number of halogens is 1. The Bertz CT molecular complexity index is 1220. The number of amides is 1. The van der Waals surface area contributed by atoms with Crippen molar-refractivity contribution in [2.75, 3.05) is 5.32 Å². The standard InChI is InChI=1S/C23H19BrN4O/c1-15-21(16-8-11-19(24)12-9-16)23(28(2)27-15)26-20(29)13-10-18-6-3-5-17-7-4-14-25-22(17)18/h3-14H,1-2H3,(H,26,29)/b13-10+. The summed E-state index contributed by atoms with van der Waals surface area (Å²) in [6, 6.07) is 17.8.